The number of carbonyl (C=O) groups excluding carboxylic acids is 1. The molecule has 0 amide bonds. The van der Waals surface area contributed by atoms with Crippen LogP contribution >= 0.6 is 0 Å². The molecule has 0 N–H and O–H groups in total. The van der Waals surface area contributed by atoms with E-state index >= 15 is 0 Å². The van der Waals surface area contributed by atoms with Crippen molar-refractivity contribution in [1.29, 1.82) is 0 Å². The molecule has 1 saturated carbocycles. The van der Waals surface area contributed by atoms with E-state index in [1.165, 1.54) is 6.92 Å². The highest BCUT2D eigenvalue weighted by molar-refractivity contribution is 7.80. The third-order valence-electron chi connectivity index (χ3n) is 2.23. The van der Waals surface area contributed by atoms with Crippen molar-refractivity contribution in [2.45, 2.75) is 44.0 Å². The minimum atomic E-state index is -2.38. The number of hydrogen-bond acceptors (Lipinski definition) is 5. The van der Waals surface area contributed by atoms with Crippen LogP contribution in [-0.2, 0) is 25.7 Å². The van der Waals surface area contributed by atoms with E-state index in [0.717, 1.165) is 19.3 Å². The van der Waals surface area contributed by atoms with Gasteiger partial charge in [-0.25, -0.2) is 4.79 Å². The van der Waals surface area contributed by atoms with Crippen LogP contribution < -0.4 is 0 Å². The Morgan fingerprint density at radius 2 is 1.93 bits per heavy atom. The average molecular weight is 221 g/mol. The Kier molecular flexibility index (Phi) is 4.03. The second-order valence-corrected chi connectivity index (χ2v) is 4.58. The SMILES string of the molecule is CC(=O)OOC1(S(=O)[O-])CCCCC1. The zero-order chi connectivity index (χ0) is 10.6. The standard InChI is InChI=1S/C8H14O5S/c1-7(9)12-13-8(14(10)11)5-3-2-4-6-8/h2-6H2,1H3,(H,10,11)/p-1. The molecule has 1 rings (SSSR count). The fraction of sp³-hybridized carbons (Fsp3) is 0.875. The van der Waals surface area contributed by atoms with E-state index < -0.39 is 22.0 Å². The van der Waals surface area contributed by atoms with Crippen molar-refractivity contribution in [2.24, 2.45) is 0 Å². The zero-order valence-electron chi connectivity index (χ0n) is 7.99. The smallest absolute Gasteiger partial charge is 0.339 e. The largest absolute Gasteiger partial charge is 0.770 e. The van der Waals surface area contributed by atoms with E-state index in [4.69, 9.17) is 4.89 Å². The van der Waals surface area contributed by atoms with Crippen molar-refractivity contribution in [3.63, 3.8) is 0 Å². The Morgan fingerprint density at radius 3 is 2.36 bits per heavy atom. The first kappa shape index (κ1) is 11.6. The minimum absolute atomic E-state index is 0.385. The molecule has 14 heavy (non-hydrogen) atoms. The van der Waals surface area contributed by atoms with Crippen LogP contribution in [0.1, 0.15) is 39.0 Å². The summed E-state index contributed by atoms with van der Waals surface area (Å²) in [5, 5.41) is 0. The summed E-state index contributed by atoms with van der Waals surface area (Å²) < 4.78 is 21.9. The van der Waals surface area contributed by atoms with Gasteiger partial charge in [0, 0.05) is 6.92 Å². The Balaban J connectivity index is 2.60. The van der Waals surface area contributed by atoms with Crippen molar-refractivity contribution in [3.05, 3.63) is 0 Å². The fourth-order valence-corrected chi connectivity index (χ4v) is 2.21. The van der Waals surface area contributed by atoms with Gasteiger partial charge in [0.1, 0.15) is 0 Å². The van der Waals surface area contributed by atoms with Gasteiger partial charge in [-0.05, 0) is 36.8 Å². The van der Waals surface area contributed by atoms with Crippen LogP contribution in [-0.4, -0.2) is 19.7 Å². The molecule has 0 saturated heterocycles. The summed E-state index contributed by atoms with van der Waals surface area (Å²) in [4.78, 5) is 18.2. The van der Waals surface area contributed by atoms with Gasteiger partial charge in [-0.2, -0.15) is 4.89 Å². The maximum absolute atomic E-state index is 11.0. The van der Waals surface area contributed by atoms with Gasteiger partial charge in [-0.1, -0.05) is 6.42 Å². The molecule has 0 aromatic heterocycles. The first-order chi connectivity index (χ1) is 6.57. The average Bonchev–Trinajstić information content (AvgIpc) is 2.16. The molecule has 0 aromatic rings. The molecular formula is C8H13O5S-. The molecule has 1 aliphatic rings. The van der Waals surface area contributed by atoms with Crippen LogP contribution in [0.2, 0.25) is 0 Å². The van der Waals surface area contributed by atoms with Gasteiger partial charge in [0.15, 0.2) is 4.93 Å². The molecule has 0 spiro atoms. The third-order valence-corrected chi connectivity index (χ3v) is 3.31. The van der Waals surface area contributed by atoms with Gasteiger partial charge in [-0.15, -0.1) is 0 Å². The molecule has 0 heterocycles. The summed E-state index contributed by atoms with van der Waals surface area (Å²) in [6.07, 6.45) is 3.31. The summed E-state index contributed by atoms with van der Waals surface area (Å²) in [5.41, 5.74) is 0. The highest BCUT2D eigenvalue weighted by Gasteiger charge is 2.37. The lowest BCUT2D eigenvalue weighted by Gasteiger charge is -2.36. The highest BCUT2D eigenvalue weighted by atomic mass is 32.2. The molecule has 0 radical (unpaired) electrons. The maximum Gasteiger partial charge on any atom is 0.339 e. The molecule has 0 aromatic carbocycles. The van der Waals surface area contributed by atoms with Crippen LogP contribution in [0.15, 0.2) is 0 Å². The molecule has 1 atom stereocenters. The molecule has 5 nitrogen and oxygen atoms in total. The molecule has 82 valence electrons. The first-order valence-corrected chi connectivity index (χ1v) is 5.60. The predicted octanol–water partition coefficient (Wildman–Crippen LogP) is 1.02. The van der Waals surface area contributed by atoms with Crippen molar-refractivity contribution in [2.75, 3.05) is 0 Å². The van der Waals surface area contributed by atoms with Gasteiger partial charge in [0.2, 0.25) is 0 Å². The molecule has 1 unspecified atom stereocenters. The summed E-state index contributed by atoms with van der Waals surface area (Å²) in [5.74, 6) is -0.639. The molecule has 1 aliphatic carbocycles. The van der Waals surface area contributed by atoms with Crippen LogP contribution in [0.4, 0.5) is 0 Å². The van der Waals surface area contributed by atoms with Crippen molar-refractivity contribution in [3.8, 4) is 0 Å². The minimum Gasteiger partial charge on any atom is -0.770 e. The Hall–Kier alpha value is -0.460. The zero-order valence-corrected chi connectivity index (χ0v) is 8.80. The third kappa shape index (κ3) is 2.76. The number of hydrogen-bond donors (Lipinski definition) is 0. The highest BCUT2D eigenvalue weighted by Crippen LogP contribution is 2.34. The quantitative estimate of drug-likeness (QED) is 0.404. The Morgan fingerprint density at radius 1 is 1.36 bits per heavy atom. The summed E-state index contributed by atoms with van der Waals surface area (Å²) in [6, 6.07) is 0. The van der Waals surface area contributed by atoms with Gasteiger partial charge in [0.25, 0.3) is 0 Å². The van der Waals surface area contributed by atoms with Crippen molar-refractivity contribution >= 4 is 17.0 Å². The molecule has 0 aliphatic heterocycles. The van der Waals surface area contributed by atoms with Crippen LogP contribution in [0, 0.1) is 0 Å². The Bertz CT molecular complexity index is 234. The van der Waals surface area contributed by atoms with E-state index in [1.54, 1.807) is 0 Å². The van der Waals surface area contributed by atoms with Gasteiger partial charge in [0.05, 0.1) is 0 Å². The predicted molar refractivity (Wildman–Crippen MR) is 47.6 cm³/mol. The molecular weight excluding hydrogens is 208 g/mol. The second-order valence-electron chi connectivity index (χ2n) is 3.36. The van der Waals surface area contributed by atoms with E-state index in [1.807, 2.05) is 0 Å². The summed E-state index contributed by atoms with van der Waals surface area (Å²) >= 11 is -2.38. The molecule has 0 bridgehead atoms. The van der Waals surface area contributed by atoms with Gasteiger partial charge in [-0.3, -0.25) is 9.10 Å². The monoisotopic (exact) mass is 221 g/mol. The lowest BCUT2D eigenvalue weighted by Crippen LogP contribution is -2.40. The lowest BCUT2D eigenvalue weighted by atomic mass is 9.97. The van der Waals surface area contributed by atoms with Gasteiger partial charge >= 0.3 is 5.97 Å². The summed E-state index contributed by atoms with van der Waals surface area (Å²) in [7, 11) is 0. The van der Waals surface area contributed by atoms with E-state index in [9.17, 15) is 13.6 Å². The molecule has 1 fully saturated rings. The van der Waals surface area contributed by atoms with E-state index in [0.29, 0.717) is 12.8 Å². The van der Waals surface area contributed by atoms with Crippen LogP contribution in [0.3, 0.4) is 0 Å². The Labute approximate surface area is 85.0 Å². The van der Waals surface area contributed by atoms with Crippen LogP contribution in [0.25, 0.3) is 0 Å². The first-order valence-electron chi connectivity index (χ1n) is 4.52. The number of carbonyl (C=O) groups is 1. The fourth-order valence-electron chi connectivity index (χ4n) is 1.50. The van der Waals surface area contributed by atoms with E-state index in [2.05, 4.69) is 4.89 Å². The topological polar surface area (TPSA) is 75.7 Å². The lowest BCUT2D eigenvalue weighted by molar-refractivity contribution is -0.313. The van der Waals surface area contributed by atoms with Crippen LogP contribution in [0.5, 0.6) is 0 Å². The van der Waals surface area contributed by atoms with E-state index in [-0.39, 0.29) is 0 Å². The second kappa shape index (κ2) is 4.86. The summed E-state index contributed by atoms with van der Waals surface area (Å²) in [6.45, 7) is 1.17. The van der Waals surface area contributed by atoms with Crippen molar-refractivity contribution in [1.82, 2.24) is 0 Å². The van der Waals surface area contributed by atoms with Crippen molar-refractivity contribution < 1.29 is 23.3 Å². The normalized spacial score (nSPS) is 22.7. The number of rotatable bonds is 3. The van der Waals surface area contributed by atoms with Gasteiger partial charge < -0.3 is 4.55 Å². The molecule has 6 heteroatoms. The maximum atomic E-state index is 11.0.